The molecule has 0 radical (unpaired) electrons. The summed E-state index contributed by atoms with van der Waals surface area (Å²) in [5.74, 6) is 1.16. The first-order valence-corrected chi connectivity index (χ1v) is 9.04. The third-order valence-corrected chi connectivity index (χ3v) is 6.05. The Hall–Kier alpha value is -1.46. The van der Waals surface area contributed by atoms with E-state index in [2.05, 4.69) is 45.1 Å². The molecule has 0 aliphatic carbocycles. The van der Waals surface area contributed by atoms with Crippen molar-refractivity contribution in [3.05, 3.63) is 39.5 Å². The third-order valence-electron chi connectivity index (χ3n) is 5.05. The van der Waals surface area contributed by atoms with Crippen molar-refractivity contribution in [2.75, 3.05) is 24.5 Å². The van der Waals surface area contributed by atoms with Gasteiger partial charge in [-0.15, -0.1) is 11.3 Å². The lowest BCUT2D eigenvalue weighted by Gasteiger charge is -2.37. The van der Waals surface area contributed by atoms with Gasteiger partial charge in [-0.05, 0) is 36.9 Å². The van der Waals surface area contributed by atoms with Crippen molar-refractivity contribution in [2.24, 2.45) is 0 Å². The molecule has 2 aromatic rings. The number of hydrogen-bond donors (Lipinski definition) is 0. The number of rotatable bonds is 2. The molecule has 2 aliphatic heterocycles. The zero-order valence-electron chi connectivity index (χ0n) is 13.2. The van der Waals surface area contributed by atoms with Gasteiger partial charge in [-0.2, -0.15) is 0 Å². The van der Waals surface area contributed by atoms with E-state index in [1.807, 2.05) is 11.3 Å². The van der Waals surface area contributed by atoms with Gasteiger partial charge in [0.05, 0.1) is 11.7 Å². The average molecular weight is 314 g/mol. The highest BCUT2D eigenvalue weighted by molar-refractivity contribution is 7.10. The molecule has 5 heteroatoms. The van der Waals surface area contributed by atoms with Gasteiger partial charge < -0.3 is 4.90 Å². The van der Waals surface area contributed by atoms with E-state index in [0.717, 1.165) is 44.8 Å². The second-order valence-corrected chi connectivity index (χ2v) is 7.16. The SMILES string of the molecule is CCN1CCc2ncnc(N3CCc4sccc4[C@H]3C)c2C1. The Labute approximate surface area is 135 Å². The highest BCUT2D eigenvalue weighted by atomic mass is 32.1. The predicted molar refractivity (Wildman–Crippen MR) is 90.5 cm³/mol. The molecule has 4 heterocycles. The van der Waals surface area contributed by atoms with Crippen molar-refractivity contribution in [3.8, 4) is 0 Å². The number of aromatic nitrogens is 2. The summed E-state index contributed by atoms with van der Waals surface area (Å²) >= 11 is 1.89. The number of thiophene rings is 1. The van der Waals surface area contributed by atoms with E-state index >= 15 is 0 Å². The zero-order valence-corrected chi connectivity index (χ0v) is 14.1. The van der Waals surface area contributed by atoms with Gasteiger partial charge in [0.2, 0.25) is 0 Å². The molecule has 22 heavy (non-hydrogen) atoms. The van der Waals surface area contributed by atoms with Crippen molar-refractivity contribution >= 4 is 17.2 Å². The fourth-order valence-electron chi connectivity index (χ4n) is 3.70. The van der Waals surface area contributed by atoms with Crippen molar-refractivity contribution < 1.29 is 0 Å². The minimum Gasteiger partial charge on any atom is -0.349 e. The molecular weight excluding hydrogens is 292 g/mol. The maximum absolute atomic E-state index is 4.68. The molecule has 0 bridgehead atoms. The summed E-state index contributed by atoms with van der Waals surface area (Å²) in [6.45, 7) is 8.80. The standard InChI is InChI=1S/C17H22N4S/c1-3-20-7-4-15-14(10-20)17(19-11-18-15)21-8-5-16-13(12(21)2)6-9-22-16/h6,9,11-12H,3-5,7-8,10H2,1-2H3/t12-/m1/s1. The maximum atomic E-state index is 4.68. The van der Waals surface area contributed by atoms with Crippen LogP contribution in [0.4, 0.5) is 5.82 Å². The van der Waals surface area contributed by atoms with Crippen LogP contribution in [-0.2, 0) is 19.4 Å². The van der Waals surface area contributed by atoms with Gasteiger partial charge in [0.15, 0.2) is 0 Å². The monoisotopic (exact) mass is 314 g/mol. The first-order valence-electron chi connectivity index (χ1n) is 8.16. The Morgan fingerprint density at radius 1 is 1.27 bits per heavy atom. The summed E-state index contributed by atoms with van der Waals surface area (Å²) in [6, 6.07) is 2.69. The molecule has 0 N–H and O–H groups in total. The number of nitrogens with zero attached hydrogens (tertiary/aromatic N) is 4. The van der Waals surface area contributed by atoms with Crippen LogP contribution in [0.25, 0.3) is 0 Å². The summed E-state index contributed by atoms with van der Waals surface area (Å²) in [5, 5.41) is 2.22. The van der Waals surface area contributed by atoms with Gasteiger partial charge in [0.1, 0.15) is 12.1 Å². The maximum Gasteiger partial charge on any atom is 0.137 e. The van der Waals surface area contributed by atoms with Crippen LogP contribution >= 0.6 is 11.3 Å². The first kappa shape index (κ1) is 14.2. The van der Waals surface area contributed by atoms with E-state index in [-0.39, 0.29) is 0 Å². The van der Waals surface area contributed by atoms with Crippen LogP contribution in [0.3, 0.4) is 0 Å². The number of fused-ring (bicyclic) bond motifs is 2. The smallest absolute Gasteiger partial charge is 0.137 e. The van der Waals surface area contributed by atoms with Crippen molar-refractivity contribution in [3.63, 3.8) is 0 Å². The van der Waals surface area contributed by atoms with Crippen LogP contribution in [0.2, 0.25) is 0 Å². The normalized spacial score (nSPS) is 21.5. The summed E-state index contributed by atoms with van der Waals surface area (Å²) in [5.41, 5.74) is 4.07. The molecule has 1 atom stereocenters. The Morgan fingerprint density at radius 2 is 2.18 bits per heavy atom. The van der Waals surface area contributed by atoms with Crippen LogP contribution in [0.1, 0.15) is 41.6 Å². The second kappa shape index (κ2) is 5.63. The Balaban J connectivity index is 1.72. The molecule has 4 rings (SSSR count). The molecule has 2 aliphatic rings. The lowest BCUT2D eigenvalue weighted by Crippen LogP contribution is -2.37. The van der Waals surface area contributed by atoms with Gasteiger partial charge >= 0.3 is 0 Å². The van der Waals surface area contributed by atoms with Gasteiger partial charge in [0, 0.05) is 36.5 Å². The van der Waals surface area contributed by atoms with Gasteiger partial charge in [0.25, 0.3) is 0 Å². The Bertz CT molecular complexity index is 681. The zero-order chi connectivity index (χ0) is 15.1. The van der Waals surface area contributed by atoms with Crippen LogP contribution < -0.4 is 4.90 Å². The number of anilines is 1. The molecule has 0 saturated carbocycles. The largest absolute Gasteiger partial charge is 0.349 e. The lowest BCUT2D eigenvalue weighted by molar-refractivity contribution is 0.265. The van der Waals surface area contributed by atoms with E-state index in [4.69, 9.17) is 0 Å². The van der Waals surface area contributed by atoms with Crippen LogP contribution in [0.15, 0.2) is 17.8 Å². The number of hydrogen-bond acceptors (Lipinski definition) is 5. The van der Waals surface area contributed by atoms with E-state index in [1.54, 1.807) is 11.2 Å². The van der Waals surface area contributed by atoms with Crippen molar-refractivity contribution in [2.45, 2.75) is 39.3 Å². The summed E-state index contributed by atoms with van der Waals surface area (Å²) < 4.78 is 0. The predicted octanol–water partition coefficient (Wildman–Crippen LogP) is 3.04. The molecule has 0 saturated heterocycles. The van der Waals surface area contributed by atoms with E-state index in [1.165, 1.54) is 16.8 Å². The molecule has 116 valence electrons. The molecule has 0 amide bonds. The topological polar surface area (TPSA) is 32.3 Å². The molecule has 0 unspecified atom stereocenters. The average Bonchev–Trinajstić information content (AvgIpc) is 3.04. The summed E-state index contributed by atoms with van der Waals surface area (Å²) in [6.07, 6.45) is 3.93. The highest BCUT2D eigenvalue weighted by Gasteiger charge is 2.29. The lowest BCUT2D eigenvalue weighted by atomic mass is 9.99. The Morgan fingerprint density at radius 3 is 3.05 bits per heavy atom. The Kier molecular flexibility index (Phi) is 3.62. The van der Waals surface area contributed by atoms with Crippen molar-refractivity contribution in [1.82, 2.24) is 14.9 Å². The van der Waals surface area contributed by atoms with Gasteiger partial charge in [-0.3, -0.25) is 4.90 Å². The third kappa shape index (κ3) is 2.23. The summed E-state index contributed by atoms with van der Waals surface area (Å²) in [4.78, 5) is 15.7. The van der Waals surface area contributed by atoms with E-state index in [9.17, 15) is 0 Å². The van der Waals surface area contributed by atoms with Gasteiger partial charge in [-0.1, -0.05) is 6.92 Å². The molecule has 0 aromatic carbocycles. The van der Waals surface area contributed by atoms with Crippen LogP contribution in [0, 0.1) is 0 Å². The van der Waals surface area contributed by atoms with Crippen LogP contribution in [0.5, 0.6) is 0 Å². The molecule has 4 nitrogen and oxygen atoms in total. The minimum atomic E-state index is 0.408. The quantitative estimate of drug-likeness (QED) is 0.853. The highest BCUT2D eigenvalue weighted by Crippen LogP contribution is 2.37. The molecule has 0 fully saturated rings. The van der Waals surface area contributed by atoms with Gasteiger partial charge in [-0.25, -0.2) is 9.97 Å². The summed E-state index contributed by atoms with van der Waals surface area (Å²) in [7, 11) is 0. The fraction of sp³-hybridized carbons (Fsp3) is 0.529. The van der Waals surface area contributed by atoms with E-state index < -0.39 is 0 Å². The molecule has 2 aromatic heterocycles. The van der Waals surface area contributed by atoms with E-state index in [0.29, 0.717) is 6.04 Å². The molecule has 0 spiro atoms. The van der Waals surface area contributed by atoms with Crippen molar-refractivity contribution in [1.29, 1.82) is 0 Å². The second-order valence-electron chi connectivity index (χ2n) is 6.16. The fourth-order valence-corrected chi connectivity index (χ4v) is 4.66. The minimum absolute atomic E-state index is 0.408. The number of likely N-dealkylation sites (N-methyl/N-ethyl adjacent to an activating group) is 1. The molecular formula is C17H22N4S. The first-order chi connectivity index (χ1) is 10.8. The van der Waals surface area contributed by atoms with Crippen LogP contribution in [-0.4, -0.2) is 34.5 Å².